The Hall–Kier alpha value is -1.52. The van der Waals surface area contributed by atoms with Crippen LogP contribution in [0.4, 0.5) is 0 Å². The molecule has 0 aromatic heterocycles. The fourth-order valence-corrected chi connectivity index (χ4v) is 4.76. The van der Waals surface area contributed by atoms with Crippen molar-refractivity contribution in [3.8, 4) is 0 Å². The first-order chi connectivity index (χ1) is 13.3. The fraction of sp³-hybridized carbons (Fsp3) is 0.458. The molecule has 0 bridgehead atoms. The third-order valence-electron chi connectivity index (χ3n) is 4.83. The monoisotopic (exact) mass is 414 g/mol. The number of carbonyl (C=O) groups excluding carboxylic acids is 1. The molecule has 28 heavy (non-hydrogen) atoms. The second kappa shape index (κ2) is 10.9. The van der Waals surface area contributed by atoms with Gasteiger partial charge >= 0.3 is 5.97 Å². The largest absolute Gasteiger partial charge is 0.462 e. The summed E-state index contributed by atoms with van der Waals surface area (Å²) in [5.41, 5.74) is 4.24. The summed E-state index contributed by atoms with van der Waals surface area (Å²) in [6, 6.07) is 15.7. The number of thioether (sulfide) groups is 1. The first kappa shape index (κ1) is 22.8. The Labute approximate surface area is 176 Å². The second-order valence-electron chi connectivity index (χ2n) is 8.55. The van der Waals surface area contributed by atoms with Crippen LogP contribution in [0.2, 0.25) is 25.7 Å². The van der Waals surface area contributed by atoms with Gasteiger partial charge < -0.3 is 4.74 Å². The summed E-state index contributed by atoms with van der Waals surface area (Å²) in [5, 5.41) is 0. The lowest BCUT2D eigenvalue weighted by Crippen LogP contribution is -2.23. The number of hydrogen-bond donors (Lipinski definition) is 0. The zero-order chi connectivity index (χ0) is 20.6. The van der Waals surface area contributed by atoms with Crippen LogP contribution in [0.3, 0.4) is 0 Å². The average molecular weight is 415 g/mol. The minimum absolute atomic E-state index is 0.155. The minimum atomic E-state index is -1.22. The van der Waals surface area contributed by atoms with Gasteiger partial charge in [-0.1, -0.05) is 63.3 Å². The number of esters is 1. The van der Waals surface area contributed by atoms with E-state index in [1.807, 2.05) is 13.0 Å². The number of rotatable bonds is 10. The topological polar surface area (TPSA) is 26.3 Å². The minimum Gasteiger partial charge on any atom is -0.462 e. The molecular weight excluding hydrogens is 380 g/mol. The van der Waals surface area contributed by atoms with E-state index in [4.69, 9.17) is 4.74 Å². The van der Waals surface area contributed by atoms with E-state index in [1.165, 1.54) is 10.5 Å². The molecule has 0 saturated carbocycles. The summed E-state index contributed by atoms with van der Waals surface area (Å²) in [5.74, 6) is 0.640. The van der Waals surface area contributed by atoms with E-state index in [0.717, 1.165) is 47.7 Å². The average Bonchev–Trinajstić information content (AvgIpc) is 2.65. The highest BCUT2D eigenvalue weighted by Crippen LogP contribution is 2.30. The summed E-state index contributed by atoms with van der Waals surface area (Å²) in [4.78, 5) is 14.2. The van der Waals surface area contributed by atoms with Gasteiger partial charge in [0.1, 0.15) is 0 Å². The van der Waals surface area contributed by atoms with Crippen molar-refractivity contribution in [2.45, 2.75) is 69.4 Å². The van der Waals surface area contributed by atoms with Gasteiger partial charge in [0, 0.05) is 18.7 Å². The maximum absolute atomic E-state index is 13.0. The Kier molecular flexibility index (Phi) is 8.83. The Bertz CT molecular complexity index is 766. The third kappa shape index (κ3) is 7.14. The van der Waals surface area contributed by atoms with Crippen molar-refractivity contribution in [3.63, 3.8) is 0 Å². The van der Waals surface area contributed by atoms with Crippen molar-refractivity contribution >= 4 is 25.8 Å². The summed E-state index contributed by atoms with van der Waals surface area (Å²) in [6.45, 7) is 11.7. The summed E-state index contributed by atoms with van der Waals surface area (Å²) < 4.78 is 5.72. The van der Waals surface area contributed by atoms with Gasteiger partial charge in [0.15, 0.2) is 0 Å². The van der Waals surface area contributed by atoms with E-state index < -0.39 is 8.07 Å². The summed E-state index contributed by atoms with van der Waals surface area (Å²) in [6.07, 6.45) is 3.29. The lowest BCUT2D eigenvalue weighted by Gasteiger charge is -2.19. The molecule has 2 aromatic rings. The predicted molar refractivity (Wildman–Crippen MR) is 124 cm³/mol. The first-order valence-corrected chi connectivity index (χ1v) is 15.0. The zero-order valence-corrected chi connectivity index (χ0v) is 19.8. The van der Waals surface area contributed by atoms with Gasteiger partial charge in [0.2, 0.25) is 0 Å². The SMILES string of the molecule is CCCCc1ccc(C)c(C(=O)OCC[Si](C)(C)C)c1CSc1ccccc1. The normalized spacial score (nSPS) is 11.5. The van der Waals surface area contributed by atoms with Crippen molar-refractivity contribution in [2.75, 3.05) is 6.61 Å². The van der Waals surface area contributed by atoms with Crippen LogP contribution in [0.1, 0.15) is 46.8 Å². The maximum atomic E-state index is 13.0. The second-order valence-corrected chi connectivity index (χ2v) is 15.2. The third-order valence-corrected chi connectivity index (χ3v) is 7.58. The van der Waals surface area contributed by atoms with Crippen LogP contribution < -0.4 is 0 Å². The molecule has 0 aliphatic rings. The predicted octanol–water partition coefficient (Wildman–Crippen LogP) is 7.12. The molecule has 0 saturated heterocycles. The number of aryl methyl sites for hydroxylation is 2. The van der Waals surface area contributed by atoms with Crippen molar-refractivity contribution in [3.05, 3.63) is 64.7 Å². The van der Waals surface area contributed by atoms with Crippen LogP contribution in [0.5, 0.6) is 0 Å². The van der Waals surface area contributed by atoms with Gasteiger partial charge in [-0.05, 0) is 54.6 Å². The molecule has 0 atom stereocenters. The zero-order valence-electron chi connectivity index (χ0n) is 18.0. The van der Waals surface area contributed by atoms with Gasteiger partial charge in [0.05, 0.1) is 12.2 Å². The number of carbonyl (C=O) groups is 1. The van der Waals surface area contributed by atoms with Crippen molar-refractivity contribution in [2.24, 2.45) is 0 Å². The molecule has 152 valence electrons. The molecular formula is C24H34O2SSi. The van der Waals surface area contributed by atoms with Crippen LogP contribution in [-0.4, -0.2) is 20.7 Å². The Morgan fingerprint density at radius 3 is 2.43 bits per heavy atom. The molecule has 0 aliphatic carbocycles. The molecule has 0 heterocycles. The lowest BCUT2D eigenvalue weighted by molar-refractivity contribution is 0.0523. The van der Waals surface area contributed by atoms with E-state index in [2.05, 4.69) is 63.0 Å². The molecule has 2 rings (SSSR count). The van der Waals surface area contributed by atoms with E-state index in [1.54, 1.807) is 11.8 Å². The van der Waals surface area contributed by atoms with Crippen LogP contribution in [0.15, 0.2) is 47.4 Å². The number of unbranched alkanes of at least 4 members (excludes halogenated alkanes) is 1. The molecule has 4 heteroatoms. The Morgan fingerprint density at radius 2 is 1.79 bits per heavy atom. The Balaban J connectivity index is 2.26. The molecule has 0 amide bonds. The Morgan fingerprint density at radius 1 is 1.07 bits per heavy atom. The van der Waals surface area contributed by atoms with E-state index in [9.17, 15) is 4.79 Å². The highest BCUT2D eigenvalue weighted by molar-refractivity contribution is 7.98. The summed E-state index contributed by atoms with van der Waals surface area (Å²) in [7, 11) is -1.22. The number of hydrogen-bond acceptors (Lipinski definition) is 3. The fourth-order valence-electron chi connectivity index (χ4n) is 3.05. The van der Waals surface area contributed by atoms with Gasteiger partial charge in [-0.2, -0.15) is 0 Å². The first-order valence-electron chi connectivity index (χ1n) is 10.3. The molecule has 0 fully saturated rings. The molecule has 2 nitrogen and oxygen atoms in total. The maximum Gasteiger partial charge on any atom is 0.338 e. The van der Waals surface area contributed by atoms with Crippen LogP contribution in [0.25, 0.3) is 0 Å². The number of benzene rings is 2. The molecule has 0 aliphatic heterocycles. The van der Waals surface area contributed by atoms with Gasteiger partial charge in [0.25, 0.3) is 0 Å². The molecule has 0 unspecified atom stereocenters. The smallest absolute Gasteiger partial charge is 0.338 e. The highest BCUT2D eigenvalue weighted by atomic mass is 32.2. The molecule has 0 N–H and O–H groups in total. The summed E-state index contributed by atoms with van der Waals surface area (Å²) >= 11 is 1.79. The molecule has 0 spiro atoms. The van der Waals surface area contributed by atoms with Crippen molar-refractivity contribution in [1.82, 2.24) is 0 Å². The van der Waals surface area contributed by atoms with Crippen molar-refractivity contribution in [1.29, 1.82) is 0 Å². The standard InChI is InChI=1S/C24H34O2SSi/c1-6-7-11-20-15-14-19(2)23(24(25)26-16-17-28(3,4)5)22(20)18-27-21-12-9-8-10-13-21/h8-10,12-15H,6-7,11,16-18H2,1-5H3. The van der Waals surface area contributed by atoms with E-state index in [0.29, 0.717) is 6.61 Å². The number of ether oxygens (including phenoxy) is 1. The van der Waals surface area contributed by atoms with Crippen LogP contribution >= 0.6 is 11.8 Å². The van der Waals surface area contributed by atoms with E-state index in [-0.39, 0.29) is 5.97 Å². The van der Waals surface area contributed by atoms with E-state index >= 15 is 0 Å². The van der Waals surface area contributed by atoms with Crippen molar-refractivity contribution < 1.29 is 9.53 Å². The van der Waals surface area contributed by atoms with Gasteiger partial charge in [-0.3, -0.25) is 0 Å². The molecule has 0 radical (unpaired) electrons. The van der Waals surface area contributed by atoms with Gasteiger partial charge in [-0.15, -0.1) is 11.8 Å². The van der Waals surface area contributed by atoms with Gasteiger partial charge in [-0.25, -0.2) is 4.79 Å². The lowest BCUT2D eigenvalue weighted by atomic mass is 9.94. The van der Waals surface area contributed by atoms with Crippen LogP contribution in [0, 0.1) is 6.92 Å². The highest BCUT2D eigenvalue weighted by Gasteiger charge is 2.21. The quantitative estimate of drug-likeness (QED) is 0.235. The van der Waals surface area contributed by atoms with Crippen LogP contribution in [-0.2, 0) is 16.9 Å². The molecule has 2 aromatic carbocycles.